The number of nitrogens with two attached hydrogens (primary N) is 1. The van der Waals surface area contributed by atoms with Crippen LogP contribution in [0.1, 0.15) is 21.5 Å². The van der Waals surface area contributed by atoms with Gasteiger partial charge in [-0.25, -0.2) is 9.18 Å². The molecule has 0 aliphatic carbocycles. The van der Waals surface area contributed by atoms with Gasteiger partial charge in [0, 0.05) is 10.7 Å². The van der Waals surface area contributed by atoms with E-state index >= 15 is 0 Å². The summed E-state index contributed by atoms with van der Waals surface area (Å²) in [6, 6.07) is 10.1. The van der Waals surface area contributed by atoms with E-state index in [2.05, 4.69) is 0 Å². The zero-order valence-electron chi connectivity index (χ0n) is 10.8. The first kappa shape index (κ1) is 14.8. The lowest BCUT2D eigenvalue weighted by Crippen LogP contribution is -2.08. The fourth-order valence-electron chi connectivity index (χ4n) is 1.68. The van der Waals surface area contributed by atoms with E-state index < -0.39 is 11.8 Å². The van der Waals surface area contributed by atoms with Crippen LogP contribution in [0, 0.1) is 17.1 Å². The number of carbonyl (C=O) groups excluding carboxylic acids is 1. The molecule has 2 aromatic rings. The highest BCUT2D eigenvalue weighted by Gasteiger charge is 2.12. The molecule has 0 unspecified atom stereocenters. The minimum Gasteiger partial charge on any atom is -0.457 e. The molecule has 4 nitrogen and oxygen atoms in total. The minimum absolute atomic E-state index is 0.0975. The number of benzene rings is 2. The summed E-state index contributed by atoms with van der Waals surface area (Å²) in [6.07, 6.45) is 0. The van der Waals surface area contributed by atoms with Gasteiger partial charge in [-0.2, -0.15) is 5.26 Å². The average molecular weight is 305 g/mol. The van der Waals surface area contributed by atoms with Crippen molar-refractivity contribution in [3.63, 3.8) is 0 Å². The van der Waals surface area contributed by atoms with Crippen LogP contribution < -0.4 is 5.73 Å². The van der Waals surface area contributed by atoms with E-state index in [-0.39, 0.29) is 23.4 Å². The predicted octanol–water partition coefficient (Wildman–Crippen LogP) is 3.29. The highest BCUT2D eigenvalue weighted by atomic mass is 35.5. The summed E-state index contributed by atoms with van der Waals surface area (Å²) in [6.45, 7) is -0.0975. The lowest BCUT2D eigenvalue weighted by atomic mass is 10.1. The molecule has 0 spiro atoms. The standard InChI is InChI=1S/C15H10ClFN2O2/c16-11-2-4-14(19)12(6-11)15(20)21-8-9-1-3-13(17)10(5-9)7-18/h1-6H,8,19H2. The van der Waals surface area contributed by atoms with Crippen molar-refractivity contribution in [3.8, 4) is 6.07 Å². The Kier molecular flexibility index (Phi) is 4.41. The van der Waals surface area contributed by atoms with Crippen LogP contribution in [-0.2, 0) is 11.3 Å². The number of carbonyl (C=O) groups is 1. The van der Waals surface area contributed by atoms with Crippen LogP contribution in [0.5, 0.6) is 0 Å². The lowest BCUT2D eigenvalue weighted by Gasteiger charge is -2.08. The third kappa shape index (κ3) is 3.50. The summed E-state index contributed by atoms with van der Waals surface area (Å²) >= 11 is 5.79. The van der Waals surface area contributed by atoms with Crippen molar-refractivity contribution in [2.45, 2.75) is 6.61 Å². The average Bonchev–Trinajstić information content (AvgIpc) is 2.48. The van der Waals surface area contributed by atoms with Crippen LogP contribution in [0.25, 0.3) is 0 Å². The molecular weight excluding hydrogens is 295 g/mol. The Bertz CT molecular complexity index is 741. The van der Waals surface area contributed by atoms with Gasteiger partial charge in [-0.3, -0.25) is 0 Å². The highest BCUT2D eigenvalue weighted by molar-refractivity contribution is 6.31. The molecular formula is C15H10ClFN2O2. The van der Waals surface area contributed by atoms with Crippen LogP contribution in [0.2, 0.25) is 5.02 Å². The maximum absolute atomic E-state index is 13.2. The smallest absolute Gasteiger partial charge is 0.340 e. The van der Waals surface area contributed by atoms with Crippen molar-refractivity contribution in [1.82, 2.24) is 0 Å². The molecule has 0 aliphatic rings. The molecule has 0 atom stereocenters. The molecule has 2 rings (SSSR count). The molecule has 0 radical (unpaired) electrons. The van der Waals surface area contributed by atoms with Crippen LogP contribution in [-0.4, -0.2) is 5.97 Å². The number of nitrogens with zero attached hydrogens (tertiary/aromatic N) is 1. The van der Waals surface area contributed by atoms with Crippen molar-refractivity contribution in [2.75, 3.05) is 5.73 Å². The van der Waals surface area contributed by atoms with E-state index in [4.69, 9.17) is 27.3 Å². The molecule has 2 aromatic carbocycles. The zero-order chi connectivity index (χ0) is 15.4. The second-order valence-corrected chi connectivity index (χ2v) is 4.67. The van der Waals surface area contributed by atoms with Crippen LogP contribution in [0.15, 0.2) is 36.4 Å². The zero-order valence-corrected chi connectivity index (χ0v) is 11.5. The summed E-state index contributed by atoms with van der Waals surface area (Å²) < 4.78 is 18.2. The van der Waals surface area contributed by atoms with Gasteiger partial charge in [-0.1, -0.05) is 17.7 Å². The quantitative estimate of drug-likeness (QED) is 0.697. The van der Waals surface area contributed by atoms with Gasteiger partial charge in [-0.15, -0.1) is 0 Å². The summed E-state index contributed by atoms with van der Waals surface area (Å²) in [5, 5.41) is 9.10. The summed E-state index contributed by atoms with van der Waals surface area (Å²) in [4.78, 5) is 11.9. The summed E-state index contributed by atoms with van der Waals surface area (Å²) in [7, 11) is 0. The number of nitriles is 1. The Hall–Kier alpha value is -2.58. The number of rotatable bonds is 3. The largest absolute Gasteiger partial charge is 0.457 e. The Morgan fingerprint density at radius 1 is 1.33 bits per heavy atom. The third-order valence-electron chi connectivity index (χ3n) is 2.76. The monoisotopic (exact) mass is 304 g/mol. The maximum atomic E-state index is 13.2. The van der Waals surface area contributed by atoms with E-state index in [9.17, 15) is 9.18 Å². The van der Waals surface area contributed by atoms with Crippen LogP contribution >= 0.6 is 11.6 Å². The molecule has 0 aliphatic heterocycles. The van der Waals surface area contributed by atoms with Gasteiger partial charge in [0.2, 0.25) is 0 Å². The first-order valence-corrected chi connectivity index (χ1v) is 6.29. The first-order chi connectivity index (χ1) is 10.0. The van der Waals surface area contributed by atoms with Gasteiger partial charge >= 0.3 is 5.97 Å². The predicted molar refractivity (Wildman–Crippen MR) is 76.1 cm³/mol. The van der Waals surface area contributed by atoms with Gasteiger partial charge in [-0.05, 0) is 35.9 Å². The minimum atomic E-state index is -0.641. The molecule has 0 amide bonds. The molecule has 21 heavy (non-hydrogen) atoms. The number of hydrogen-bond donors (Lipinski definition) is 1. The molecule has 0 aromatic heterocycles. The van der Waals surface area contributed by atoms with Gasteiger partial charge in [0.1, 0.15) is 18.5 Å². The van der Waals surface area contributed by atoms with E-state index in [1.54, 1.807) is 12.1 Å². The van der Waals surface area contributed by atoms with Gasteiger partial charge in [0.15, 0.2) is 0 Å². The molecule has 106 valence electrons. The molecule has 0 fully saturated rings. The third-order valence-corrected chi connectivity index (χ3v) is 2.99. The number of halogens is 2. The topological polar surface area (TPSA) is 76.1 Å². The van der Waals surface area contributed by atoms with Crippen molar-refractivity contribution < 1.29 is 13.9 Å². The van der Waals surface area contributed by atoms with Crippen molar-refractivity contribution in [3.05, 3.63) is 63.9 Å². The second-order valence-electron chi connectivity index (χ2n) is 4.23. The molecule has 0 saturated carbocycles. The van der Waals surface area contributed by atoms with Crippen molar-refractivity contribution in [1.29, 1.82) is 5.26 Å². The fraction of sp³-hybridized carbons (Fsp3) is 0.0667. The highest BCUT2D eigenvalue weighted by Crippen LogP contribution is 2.19. The Morgan fingerprint density at radius 2 is 2.10 bits per heavy atom. The molecule has 0 bridgehead atoms. The Balaban J connectivity index is 2.11. The number of nitrogen functional groups attached to an aromatic ring is 1. The number of anilines is 1. The van der Waals surface area contributed by atoms with E-state index in [0.29, 0.717) is 10.6 Å². The Morgan fingerprint density at radius 3 is 2.81 bits per heavy atom. The summed E-state index contributed by atoms with van der Waals surface area (Å²) in [5.74, 6) is -1.26. The number of esters is 1. The fourth-order valence-corrected chi connectivity index (χ4v) is 1.85. The van der Waals surface area contributed by atoms with Gasteiger partial charge < -0.3 is 10.5 Å². The molecule has 0 saturated heterocycles. The van der Waals surface area contributed by atoms with Crippen molar-refractivity contribution >= 4 is 23.3 Å². The normalized spacial score (nSPS) is 9.95. The maximum Gasteiger partial charge on any atom is 0.340 e. The molecule has 6 heteroatoms. The van der Waals surface area contributed by atoms with E-state index in [0.717, 1.165) is 6.07 Å². The van der Waals surface area contributed by atoms with Crippen molar-refractivity contribution in [2.24, 2.45) is 0 Å². The molecule has 0 heterocycles. The second kappa shape index (κ2) is 6.25. The SMILES string of the molecule is N#Cc1cc(COC(=O)c2cc(Cl)ccc2N)ccc1F. The van der Waals surface area contributed by atoms with Crippen LogP contribution in [0.3, 0.4) is 0 Å². The van der Waals surface area contributed by atoms with Crippen LogP contribution in [0.4, 0.5) is 10.1 Å². The number of ether oxygens (including phenoxy) is 1. The first-order valence-electron chi connectivity index (χ1n) is 5.92. The summed E-state index contributed by atoms with van der Waals surface area (Å²) in [5.41, 5.74) is 6.48. The molecule has 2 N–H and O–H groups in total. The van der Waals surface area contributed by atoms with E-state index in [1.165, 1.54) is 24.3 Å². The lowest BCUT2D eigenvalue weighted by molar-refractivity contribution is 0.0474. The van der Waals surface area contributed by atoms with Gasteiger partial charge in [0.05, 0.1) is 11.1 Å². The number of hydrogen-bond acceptors (Lipinski definition) is 4. The Labute approximate surface area is 125 Å². The van der Waals surface area contributed by atoms with Gasteiger partial charge in [0.25, 0.3) is 0 Å². The van der Waals surface area contributed by atoms with E-state index in [1.807, 2.05) is 0 Å².